The highest BCUT2D eigenvalue weighted by atomic mass is 16.1. The summed E-state index contributed by atoms with van der Waals surface area (Å²) < 4.78 is 0. The van der Waals surface area contributed by atoms with Gasteiger partial charge in [0, 0.05) is 43.9 Å². The highest BCUT2D eigenvalue weighted by Crippen LogP contribution is 2.25. The summed E-state index contributed by atoms with van der Waals surface area (Å²) in [6, 6.07) is 2.67. The van der Waals surface area contributed by atoms with Crippen molar-refractivity contribution in [1.82, 2.24) is 20.2 Å². The molecule has 1 atom stereocenters. The Morgan fingerprint density at radius 3 is 2.68 bits per heavy atom. The van der Waals surface area contributed by atoms with Crippen LogP contribution in [0.4, 0.5) is 5.82 Å². The minimum Gasteiger partial charge on any atom is -0.356 e. The van der Waals surface area contributed by atoms with Crippen molar-refractivity contribution in [3.63, 3.8) is 0 Å². The number of hydrogen-bond acceptors (Lipinski definition) is 5. The molecule has 2 aliphatic rings. The molecule has 0 saturated carbocycles. The van der Waals surface area contributed by atoms with Crippen LogP contribution in [0.3, 0.4) is 0 Å². The third-order valence-electron chi connectivity index (χ3n) is 6.40. The normalized spacial score (nSPS) is 21.2. The van der Waals surface area contributed by atoms with Crippen molar-refractivity contribution in [1.29, 1.82) is 0 Å². The maximum absolute atomic E-state index is 12.3. The van der Waals surface area contributed by atoms with Crippen molar-refractivity contribution in [3.05, 3.63) is 17.6 Å². The van der Waals surface area contributed by atoms with Crippen molar-refractivity contribution in [2.45, 2.75) is 71.8 Å². The Kier molecular flexibility index (Phi) is 7.65. The Morgan fingerprint density at radius 1 is 1.18 bits per heavy atom. The molecule has 6 nitrogen and oxygen atoms in total. The summed E-state index contributed by atoms with van der Waals surface area (Å²) in [5.41, 5.74) is 1.12. The van der Waals surface area contributed by atoms with E-state index in [0.29, 0.717) is 18.4 Å². The van der Waals surface area contributed by atoms with E-state index in [9.17, 15) is 4.79 Å². The van der Waals surface area contributed by atoms with Gasteiger partial charge in [-0.3, -0.25) is 9.69 Å². The largest absolute Gasteiger partial charge is 0.356 e. The summed E-state index contributed by atoms with van der Waals surface area (Å²) in [6.07, 6.45) is 7.38. The summed E-state index contributed by atoms with van der Waals surface area (Å²) in [4.78, 5) is 26.2. The molecule has 0 spiro atoms. The molecule has 28 heavy (non-hydrogen) atoms. The fraction of sp³-hybridized carbons (Fsp3) is 0.773. The standard InChI is InChI=1S/C22H37N5O/c1-4-19-15-21(25-17(3)24-19)27-13-10-18(11-14-27)8-9-22(28)23-16-20-7-6-12-26(20)5-2/h15,18,20H,4-14,16H2,1-3H3,(H,23,28). The van der Waals surface area contributed by atoms with E-state index in [1.54, 1.807) is 0 Å². The zero-order valence-corrected chi connectivity index (χ0v) is 17.9. The Bertz CT molecular complexity index is 642. The molecule has 0 radical (unpaired) electrons. The molecule has 1 N–H and O–H groups in total. The van der Waals surface area contributed by atoms with Crippen LogP contribution < -0.4 is 10.2 Å². The number of likely N-dealkylation sites (N-methyl/N-ethyl adjacent to an activating group) is 1. The highest BCUT2D eigenvalue weighted by Gasteiger charge is 2.24. The molecule has 3 rings (SSSR count). The second-order valence-electron chi connectivity index (χ2n) is 8.32. The third kappa shape index (κ3) is 5.66. The first-order valence-electron chi connectivity index (χ1n) is 11.2. The summed E-state index contributed by atoms with van der Waals surface area (Å²) in [6.45, 7) is 11.5. The monoisotopic (exact) mass is 387 g/mol. The van der Waals surface area contributed by atoms with E-state index in [0.717, 1.165) is 69.2 Å². The van der Waals surface area contributed by atoms with Crippen LogP contribution in [0.1, 0.15) is 63.9 Å². The molecule has 1 unspecified atom stereocenters. The molecule has 2 fully saturated rings. The zero-order chi connectivity index (χ0) is 19.9. The molecule has 0 aliphatic carbocycles. The first-order chi connectivity index (χ1) is 13.6. The number of carbonyl (C=O) groups excluding carboxylic acids is 1. The van der Waals surface area contributed by atoms with Gasteiger partial charge in [0.25, 0.3) is 0 Å². The molecular formula is C22H37N5O. The smallest absolute Gasteiger partial charge is 0.220 e. The third-order valence-corrected chi connectivity index (χ3v) is 6.40. The van der Waals surface area contributed by atoms with Gasteiger partial charge in [0.05, 0.1) is 0 Å². The lowest BCUT2D eigenvalue weighted by Crippen LogP contribution is -2.40. The van der Waals surface area contributed by atoms with Gasteiger partial charge < -0.3 is 10.2 Å². The van der Waals surface area contributed by atoms with Gasteiger partial charge in [0.2, 0.25) is 5.91 Å². The maximum atomic E-state index is 12.3. The Morgan fingerprint density at radius 2 is 1.96 bits per heavy atom. The number of anilines is 1. The first kappa shape index (κ1) is 21.0. The summed E-state index contributed by atoms with van der Waals surface area (Å²) >= 11 is 0. The highest BCUT2D eigenvalue weighted by molar-refractivity contribution is 5.75. The Balaban J connectivity index is 1.37. The fourth-order valence-corrected chi connectivity index (χ4v) is 4.60. The molecule has 0 bridgehead atoms. The van der Waals surface area contributed by atoms with Crippen LogP contribution >= 0.6 is 0 Å². The number of amides is 1. The van der Waals surface area contributed by atoms with Gasteiger partial charge in [0.15, 0.2) is 0 Å². The average molecular weight is 388 g/mol. The number of likely N-dealkylation sites (tertiary alicyclic amines) is 1. The SMILES string of the molecule is CCc1cc(N2CCC(CCC(=O)NCC3CCCN3CC)CC2)nc(C)n1. The minimum absolute atomic E-state index is 0.226. The molecule has 0 aromatic carbocycles. The number of piperidine rings is 1. The number of rotatable bonds is 8. The van der Waals surface area contributed by atoms with Crippen LogP contribution in [0.15, 0.2) is 6.07 Å². The van der Waals surface area contributed by atoms with Crippen molar-refractivity contribution in [2.24, 2.45) is 5.92 Å². The number of carbonyl (C=O) groups is 1. The van der Waals surface area contributed by atoms with Gasteiger partial charge in [0.1, 0.15) is 11.6 Å². The van der Waals surface area contributed by atoms with Crippen molar-refractivity contribution < 1.29 is 4.79 Å². The lowest BCUT2D eigenvalue weighted by atomic mass is 9.92. The van der Waals surface area contributed by atoms with Gasteiger partial charge in [-0.1, -0.05) is 13.8 Å². The van der Waals surface area contributed by atoms with Gasteiger partial charge in [-0.15, -0.1) is 0 Å². The second-order valence-corrected chi connectivity index (χ2v) is 8.32. The van der Waals surface area contributed by atoms with Gasteiger partial charge in [-0.25, -0.2) is 9.97 Å². The van der Waals surface area contributed by atoms with Gasteiger partial charge in [-0.2, -0.15) is 0 Å². The number of aromatic nitrogens is 2. The second kappa shape index (κ2) is 10.2. The molecule has 1 amide bonds. The van der Waals surface area contributed by atoms with Crippen LogP contribution in [0.5, 0.6) is 0 Å². The number of hydrogen-bond donors (Lipinski definition) is 1. The minimum atomic E-state index is 0.226. The fourth-order valence-electron chi connectivity index (χ4n) is 4.60. The van der Waals surface area contributed by atoms with E-state index < -0.39 is 0 Å². The molecular weight excluding hydrogens is 350 g/mol. The van der Waals surface area contributed by atoms with Gasteiger partial charge >= 0.3 is 0 Å². The molecule has 1 aromatic rings. The van der Waals surface area contributed by atoms with Crippen molar-refractivity contribution >= 4 is 11.7 Å². The van der Waals surface area contributed by atoms with Crippen molar-refractivity contribution in [3.8, 4) is 0 Å². The van der Waals surface area contributed by atoms with Crippen LogP contribution in [0, 0.1) is 12.8 Å². The van der Waals surface area contributed by atoms with E-state index >= 15 is 0 Å². The quantitative estimate of drug-likeness (QED) is 0.743. The van der Waals surface area contributed by atoms with Crippen LogP contribution in [-0.4, -0.2) is 59.5 Å². The topological polar surface area (TPSA) is 61.4 Å². The molecule has 1 aromatic heterocycles. The molecule has 2 aliphatic heterocycles. The molecule has 6 heteroatoms. The number of aryl methyl sites for hydroxylation is 2. The zero-order valence-electron chi connectivity index (χ0n) is 17.9. The predicted molar refractivity (Wildman–Crippen MR) is 114 cm³/mol. The summed E-state index contributed by atoms with van der Waals surface area (Å²) in [5, 5.41) is 3.17. The van der Waals surface area contributed by atoms with Crippen LogP contribution in [0.2, 0.25) is 0 Å². The van der Waals surface area contributed by atoms with E-state index in [-0.39, 0.29) is 5.91 Å². The molecule has 2 saturated heterocycles. The Labute approximate surface area is 170 Å². The number of nitrogens with one attached hydrogen (secondary N) is 1. The van der Waals surface area contributed by atoms with E-state index in [2.05, 4.69) is 45.0 Å². The van der Waals surface area contributed by atoms with Crippen LogP contribution in [0.25, 0.3) is 0 Å². The summed E-state index contributed by atoms with van der Waals surface area (Å²) in [5.74, 6) is 2.80. The first-order valence-corrected chi connectivity index (χ1v) is 11.2. The van der Waals surface area contributed by atoms with Gasteiger partial charge in [-0.05, 0) is 64.5 Å². The summed E-state index contributed by atoms with van der Waals surface area (Å²) in [7, 11) is 0. The lowest BCUT2D eigenvalue weighted by Gasteiger charge is -2.33. The molecule has 156 valence electrons. The van der Waals surface area contributed by atoms with E-state index in [1.807, 2.05) is 6.92 Å². The molecule has 3 heterocycles. The van der Waals surface area contributed by atoms with E-state index in [4.69, 9.17) is 0 Å². The number of nitrogens with zero attached hydrogens (tertiary/aromatic N) is 4. The van der Waals surface area contributed by atoms with Crippen LogP contribution in [-0.2, 0) is 11.2 Å². The Hall–Kier alpha value is -1.69. The predicted octanol–water partition coefficient (Wildman–Crippen LogP) is 2.94. The van der Waals surface area contributed by atoms with E-state index in [1.165, 1.54) is 19.4 Å². The van der Waals surface area contributed by atoms with Crippen molar-refractivity contribution in [2.75, 3.05) is 37.6 Å². The maximum Gasteiger partial charge on any atom is 0.220 e. The average Bonchev–Trinajstić information content (AvgIpc) is 3.18. The lowest BCUT2D eigenvalue weighted by molar-refractivity contribution is -0.121.